The highest BCUT2D eigenvalue weighted by Gasteiger charge is 2.18. The van der Waals surface area contributed by atoms with E-state index in [-0.39, 0.29) is 5.91 Å². The van der Waals surface area contributed by atoms with Crippen molar-refractivity contribution < 1.29 is 8.90 Å². The maximum absolute atomic E-state index is 12.2. The molecule has 4 nitrogen and oxygen atoms in total. The second-order valence-electron chi connectivity index (χ2n) is 4.65. The Kier molecular flexibility index (Phi) is 4.29. The van der Waals surface area contributed by atoms with Crippen LogP contribution in [0.25, 0.3) is 0 Å². The number of rotatable bonds is 3. The summed E-state index contributed by atoms with van der Waals surface area (Å²) in [7, 11) is 0. The smallest absolute Gasteiger partial charge is 0.284 e. The van der Waals surface area contributed by atoms with E-state index in [1.54, 1.807) is 12.5 Å². The number of anilines is 1. The minimum atomic E-state index is -0.232. The molecule has 0 bridgehead atoms. The molecular weight excluding hydrogens is 272 g/mol. The first-order valence-electron chi connectivity index (χ1n) is 6.26. The summed E-state index contributed by atoms with van der Waals surface area (Å²) in [5.41, 5.74) is 3.59. The van der Waals surface area contributed by atoms with Crippen molar-refractivity contribution in [3.63, 3.8) is 0 Å². The molecule has 0 saturated carbocycles. The molecule has 1 aromatic carbocycles. The van der Waals surface area contributed by atoms with E-state index >= 15 is 0 Å². The normalized spacial score (nSPS) is 14.3. The zero-order valence-corrected chi connectivity index (χ0v) is 12.2. The Balaban J connectivity index is 2.21. The highest BCUT2D eigenvalue weighted by molar-refractivity contribution is 7.44. The molecule has 1 amide bonds. The molecule has 1 aromatic rings. The minimum absolute atomic E-state index is 0.232. The topological polar surface area (TPSA) is 55.2 Å². The summed E-state index contributed by atoms with van der Waals surface area (Å²) in [5, 5.41) is 14.0. The molecule has 0 saturated heterocycles. The van der Waals surface area contributed by atoms with E-state index in [2.05, 4.69) is 17.7 Å². The van der Waals surface area contributed by atoms with E-state index in [0.29, 0.717) is 21.8 Å². The fourth-order valence-electron chi connectivity index (χ4n) is 2.07. The molecule has 0 atom stereocenters. The average molecular weight is 287 g/mol. The number of hydroxylamine groups is 1. The molecule has 20 heavy (non-hydrogen) atoms. The highest BCUT2D eigenvalue weighted by atomic mass is 32.1. The number of nitrogens with zero attached hydrogens (tertiary/aromatic N) is 1. The summed E-state index contributed by atoms with van der Waals surface area (Å²) in [6.45, 7) is 3.88. The van der Waals surface area contributed by atoms with E-state index in [1.165, 1.54) is 6.08 Å². The first-order chi connectivity index (χ1) is 9.49. The van der Waals surface area contributed by atoms with Gasteiger partial charge in [-0.25, -0.2) is 0 Å². The molecule has 103 valence electrons. The third kappa shape index (κ3) is 3.11. The van der Waals surface area contributed by atoms with Gasteiger partial charge in [0.05, 0.1) is 0 Å². The molecule has 0 heterocycles. The van der Waals surface area contributed by atoms with E-state index in [1.807, 2.05) is 32.0 Å². The van der Waals surface area contributed by atoms with Gasteiger partial charge in [0.2, 0.25) is 5.70 Å². The molecule has 0 spiro atoms. The van der Waals surface area contributed by atoms with Crippen molar-refractivity contribution in [2.45, 2.75) is 20.3 Å². The number of allylic oxidation sites excluding steroid dienone is 2. The van der Waals surface area contributed by atoms with Crippen LogP contribution < -0.4 is 5.32 Å². The second kappa shape index (κ2) is 5.96. The molecular formula is C15H15N2O2S. The lowest BCUT2D eigenvalue weighted by Gasteiger charge is -2.14. The SMILES string of the molecule is Cc1cccc(C)c1NC(=O)C1=CC([N+]([O-])=S)=CC[CH]1. The minimum Gasteiger partial charge on any atom is -0.605 e. The molecule has 5 heteroatoms. The number of aryl methyl sites for hydroxylation is 2. The van der Waals surface area contributed by atoms with Crippen LogP contribution in [-0.4, -0.2) is 10.0 Å². The van der Waals surface area contributed by atoms with Crippen molar-refractivity contribution in [2.24, 2.45) is 0 Å². The van der Waals surface area contributed by atoms with Gasteiger partial charge in [0.1, 0.15) is 0 Å². The van der Waals surface area contributed by atoms with Crippen molar-refractivity contribution in [3.05, 3.63) is 64.4 Å². The average Bonchev–Trinajstić information content (AvgIpc) is 2.43. The summed E-state index contributed by atoms with van der Waals surface area (Å²) >= 11 is 4.53. The fraction of sp³-hybridized carbons (Fsp3) is 0.200. The van der Waals surface area contributed by atoms with Gasteiger partial charge in [-0.05, 0) is 37.5 Å². The molecule has 1 aliphatic carbocycles. The Labute approximate surface area is 123 Å². The summed E-state index contributed by atoms with van der Waals surface area (Å²) in [4.78, 5) is 12.2. The van der Waals surface area contributed by atoms with Crippen molar-refractivity contribution in [1.82, 2.24) is 0 Å². The largest absolute Gasteiger partial charge is 0.605 e. The molecule has 1 radical (unpaired) electrons. The number of para-hydroxylation sites is 1. The van der Waals surface area contributed by atoms with Crippen LogP contribution in [0, 0.1) is 25.5 Å². The van der Waals surface area contributed by atoms with Crippen LogP contribution in [0.15, 0.2) is 41.6 Å². The Morgan fingerprint density at radius 3 is 2.60 bits per heavy atom. The number of amides is 1. The van der Waals surface area contributed by atoms with E-state index in [0.717, 1.165) is 16.8 Å². The van der Waals surface area contributed by atoms with Crippen LogP contribution >= 0.6 is 0 Å². The van der Waals surface area contributed by atoms with Crippen LogP contribution in [0.5, 0.6) is 0 Å². The molecule has 0 aromatic heterocycles. The summed E-state index contributed by atoms with van der Waals surface area (Å²) in [5.74, 6) is -0.232. The van der Waals surface area contributed by atoms with Gasteiger partial charge in [-0.3, -0.25) is 4.79 Å². The standard InChI is InChI=1S/C15H15N2O2S/c1-10-5-3-6-11(2)14(10)16-15(18)12-7-4-8-13(9-12)17(19)20/h3,5-9H,4H2,1-2H3,(H,16,18). The zero-order chi connectivity index (χ0) is 14.7. The van der Waals surface area contributed by atoms with Gasteiger partial charge in [0.25, 0.3) is 18.3 Å². The lowest BCUT2D eigenvalue weighted by molar-refractivity contribution is -0.361. The van der Waals surface area contributed by atoms with Gasteiger partial charge in [-0.2, -0.15) is 0 Å². The predicted octanol–water partition coefficient (Wildman–Crippen LogP) is 2.90. The number of hydrogen-bond donors (Lipinski definition) is 1. The maximum atomic E-state index is 12.2. The molecule has 1 N–H and O–H groups in total. The molecule has 0 aliphatic heterocycles. The number of carbonyl (C=O) groups is 1. The van der Waals surface area contributed by atoms with Crippen molar-refractivity contribution in [3.8, 4) is 0 Å². The van der Waals surface area contributed by atoms with Gasteiger partial charge < -0.3 is 10.5 Å². The summed E-state index contributed by atoms with van der Waals surface area (Å²) < 4.78 is 0.347. The first kappa shape index (κ1) is 14.4. The summed E-state index contributed by atoms with van der Waals surface area (Å²) in [6.07, 6.45) is 5.49. The van der Waals surface area contributed by atoms with E-state index in [9.17, 15) is 10.0 Å². The van der Waals surface area contributed by atoms with Crippen molar-refractivity contribution >= 4 is 24.0 Å². The third-order valence-corrected chi connectivity index (χ3v) is 3.37. The quantitative estimate of drug-likeness (QED) is 0.687. The molecule has 0 unspecified atom stereocenters. The molecule has 0 fully saturated rings. The lowest BCUT2D eigenvalue weighted by Crippen LogP contribution is -2.18. The molecule has 1 aliphatic rings. The van der Waals surface area contributed by atoms with Gasteiger partial charge in [-0.15, -0.1) is 0 Å². The van der Waals surface area contributed by atoms with E-state index < -0.39 is 0 Å². The van der Waals surface area contributed by atoms with Crippen LogP contribution in [0.4, 0.5) is 5.69 Å². The molecule has 2 rings (SSSR count). The number of benzene rings is 1. The van der Waals surface area contributed by atoms with Gasteiger partial charge in [0, 0.05) is 23.8 Å². The maximum Gasteiger partial charge on any atom is 0.284 e. The Morgan fingerprint density at radius 1 is 1.35 bits per heavy atom. The Hall–Kier alpha value is -2.01. The summed E-state index contributed by atoms with van der Waals surface area (Å²) in [6, 6.07) is 5.82. The van der Waals surface area contributed by atoms with Crippen LogP contribution in [0.3, 0.4) is 0 Å². The van der Waals surface area contributed by atoms with Gasteiger partial charge >= 0.3 is 0 Å². The van der Waals surface area contributed by atoms with E-state index in [4.69, 9.17) is 0 Å². The lowest BCUT2D eigenvalue weighted by atomic mass is 10.0. The predicted molar refractivity (Wildman–Crippen MR) is 80.6 cm³/mol. The number of nitrogens with one attached hydrogen (secondary N) is 1. The monoisotopic (exact) mass is 287 g/mol. The highest BCUT2D eigenvalue weighted by Crippen LogP contribution is 2.22. The first-order valence-corrected chi connectivity index (χ1v) is 6.62. The van der Waals surface area contributed by atoms with Gasteiger partial charge in [0.15, 0.2) is 0 Å². The van der Waals surface area contributed by atoms with Crippen LogP contribution in [0.1, 0.15) is 17.5 Å². The fourth-order valence-corrected chi connectivity index (χ4v) is 2.19. The van der Waals surface area contributed by atoms with Crippen LogP contribution in [0.2, 0.25) is 0 Å². The zero-order valence-electron chi connectivity index (χ0n) is 11.3. The number of carbonyl (C=O) groups excluding carboxylic acids is 1. The third-order valence-electron chi connectivity index (χ3n) is 3.16. The Bertz CT molecular complexity index is 613. The van der Waals surface area contributed by atoms with Crippen LogP contribution in [-0.2, 0) is 17.2 Å². The van der Waals surface area contributed by atoms with Crippen molar-refractivity contribution in [1.29, 1.82) is 0 Å². The second-order valence-corrected chi connectivity index (χ2v) is 4.98. The van der Waals surface area contributed by atoms with Crippen molar-refractivity contribution in [2.75, 3.05) is 5.32 Å². The number of hydrogen-bond acceptors (Lipinski definition) is 3. The Morgan fingerprint density at radius 2 is 2.00 bits per heavy atom. The van der Waals surface area contributed by atoms with Gasteiger partial charge in [-0.1, -0.05) is 22.3 Å².